The van der Waals surface area contributed by atoms with Crippen molar-refractivity contribution in [2.75, 3.05) is 0 Å². The summed E-state index contributed by atoms with van der Waals surface area (Å²) in [5.74, 6) is 0. The van der Waals surface area contributed by atoms with Gasteiger partial charge in [-0.05, 0) is 23.7 Å². The molecule has 0 spiro atoms. The van der Waals surface area contributed by atoms with Crippen LogP contribution in [0.4, 0.5) is 0 Å². The quantitative estimate of drug-likeness (QED) is 0.475. The Labute approximate surface area is 119 Å². The van der Waals surface area contributed by atoms with Crippen LogP contribution in [0, 0.1) is 0 Å². The largest absolute Gasteiger partial charge is 0.452 e. The fraction of sp³-hybridized carbons (Fsp3) is 0. The van der Waals surface area contributed by atoms with Crippen molar-refractivity contribution in [3.63, 3.8) is 0 Å². The van der Waals surface area contributed by atoms with E-state index in [0.29, 0.717) is 5.58 Å². The number of benzene rings is 2. The van der Waals surface area contributed by atoms with Gasteiger partial charge in [-0.1, -0.05) is 42.5 Å². The number of nitrogens with zero attached hydrogens (tertiary/aromatic N) is 2. The molecule has 0 aliphatic carbocycles. The molecule has 0 unspecified atom stereocenters. The average Bonchev–Trinajstić information content (AvgIpc) is 2.86. The summed E-state index contributed by atoms with van der Waals surface area (Å²) in [5, 5.41) is 1.17. The second-order valence-electron chi connectivity index (χ2n) is 4.48. The minimum atomic E-state index is 0.225. The van der Waals surface area contributed by atoms with Crippen molar-refractivity contribution in [3.05, 3.63) is 59.9 Å². The maximum absolute atomic E-state index is 6.07. The molecule has 2 aromatic heterocycles. The van der Waals surface area contributed by atoms with Crippen LogP contribution in [0.2, 0.25) is 5.28 Å². The normalized spacial score (nSPS) is 11.2. The third-order valence-electron chi connectivity index (χ3n) is 3.24. The molecular formula is C16H9ClN2O. The Hall–Kier alpha value is -2.39. The number of halogens is 1. The van der Waals surface area contributed by atoms with E-state index in [1.165, 1.54) is 0 Å². The Bertz CT molecular complexity index is 916. The molecule has 4 heteroatoms. The summed E-state index contributed by atoms with van der Waals surface area (Å²) in [5.41, 5.74) is 3.88. The Morgan fingerprint density at radius 2 is 1.60 bits per heavy atom. The van der Waals surface area contributed by atoms with Crippen LogP contribution in [0.5, 0.6) is 0 Å². The summed E-state index contributed by atoms with van der Waals surface area (Å²) in [6, 6.07) is 17.6. The van der Waals surface area contributed by atoms with Crippen LogP contribution in [0.1, 0.15) is 0 Å². The Kier molecular flexibility index (Phi) is 2.47. The maximum atomic E-state index is 6.07. The predicted octanol–water partition coefficient (Wildman–Crippen LogP) is 4.70. The zero-order valence-electron chi connectivity index (χ0n) is 10.4. The zero-order chi connectivity index (χ0) is 13.5. The van der Waals surface area contributed by atoms with Gasteiger partial charge in [0.2, 0.25) is 5.28 Å². The summed E-state index contributed by atoms with van der Waals surface area (Å²) in [6.07, 6.45) is 0. The fourth-order valence-electron chi connectivity index (χ4n) is 2.36. The molecule has 0 radical (unpaired) electrons. The highest BCUT2D eigenvalue weighted by atomic mass is 35.5. The smallest absolute Gasteiger partial charge is 0.223 e. The molecule has 2 aromatic carbocycles. The first kappa shape index (κ1) is 11.4. The number of hydrogen-bond acceptors (Lipinski definition) is 3. The average molecular weight is 281 g/mol. The van der Waals surface area contributed by atoms with Crippen LogP contribution in [-0.2, 0) is 0 Å². The van der Waals surface area contributed by atoms with Crippen LogP contribution < -0.4 is 0 Å². The third-order valence-corrected chi connectivity index (χ3v) is 3.41. The highest BCUT2D eigenvalue weighted by Crippen LogP contribution is 2.34. The molecule has 4 aromatic rings. The van der Waals surface area contributed by atoms with Gasteiger partial charge in [0, 0.05) is 10.9 Å². The number of aromatic nitrogens is 2. The highest BCUT2D eigenvalue weighted by molar-refractivity contribution is 6.29. The van der Waals surface area contributed by atoms with Gasteiger partial charge in [-0.15, -0.1) is 0 Å². The molecule has 0 amide bonds. The molecule has 0 saturated heterocycles. The van der Waals surface area contributed by atoms with Crippen molar-refractivity contribution < 1.29 is 4.42 Å². The van der Waals surface area contributed by atoms with Gasteiger partial charge in [0.05, 0.1) is 0 Å². The van der Waals surface area contributed by atoms with Gasteiger partial charge in [0.15, 0.2) is 5.58 Å². The van der Waals surface area contributed by atoms with Crippen molar-refractivity contribution in [1.29, 1.82) is 0 Å². The molecule has 0 aliphatic rings. The van der Waals surface area contributed by atoms with E-state index in [1.807, 2.05) is 54.6 Å². The van der Waals surface area contributed by atoms with Gasteiger partial charge in [0.25, 0.3) is 0 Å². The lowest BCUT2D eigenvalue weighted by Gasteiger charge is -2.01. The zero-order valence-corrected chi connectivity index (χ0v) is 11.1. The molecule has 96 valence electrons. The Morgan fingerprint density at radius 1 is 0.850 bits per heavy atom. The minimum absolute atomic E-state index is 0.225. The van der Waals surface area contributed by atoms with E-state index >= 15 is 0 Å². The summed E-state index contributed by atoms with van der Waals surface area (Å²) >= 11 is 6.07. The van der Waals surface area contributed by atoms with Crippen LogP contribution >= 0.6 is 11.6 Å². The van der Waals surface area contributed by atoms with E-state index in [4.69, 9.17) is 16.0 Å². The predicted molar refractivity (Wildman–Crippen MR) is 79.8 cm³/mol. The van der Waals surface area contributed by atoms with Crippen molar-refractivity contribution in [1.82, 2.24) is 9.97 Å². The molecule has 0 aliphatic heterocycles. The van der Waals surface area contributed by atoms with Gasteiger partial charge in [-0.25, -0.2) is 9.97 Å². The first-order valence-corrected chi connectivity index (χ1v) is 6.61. The molecule has 0 saturated carbocycles. The second-order valence-corrected chi connectivity index (χ2v) is 4.82. The fourth-order valence-corrected chi connectivity index (χ4v) is 2.52. The summed E-state index contributed by atoms with van der Waals surface area (Å²) in [4.78, 5) is 8.64. The van der Waals surface area contributed by atoms with Gasteiger partial charge >= 0.3 is 0 Å². The second kappa shape index (κ2) is 4.32. The molecule has 0 N–H and O–H groups in total. The van der Waals surface area contributed by atoms with E-state index in [2.05, 4.69) is 9.97 Å². The van der Waals surface area contributed by atoms with Crippen molar-refractivity contribution >= 4 is 33.7 Å². The first-order valence-electron chi connectivity index (χ1n) is 6.23. The van der Waals surface area contributed by atoms with Gasteiger partial charge < -0.3 is 4.42 Å². The molecule has 0 atom stereocenters. The minimum Gasteiger partial charge on any atom is -0.452 e. The molecule has 2 heterocycles. The summed E-state index contributed by atoms with van der Waals surface area (Å²) < 4.78 is 5.91. The van der Waals surface area contributed by atoms with Crippen molar-refractivity contribution in [2.45, 2.75) is 0 Å². The van der Waals surface area contributed by atoms with Crippen LogP contribution in [0.25, 0.3) is 33.3 Å². The molecule has 20 heavy (non-hydrogen) atoms. The Balaban J connectivity index is 2.16. The lowest BCUT2D eigenvalue weighted by atomic mass is 10.1. The number of rotatable bonds is 1. The van der Waals surface area contributed by atoms with E-state index in [-0.39, 0.29) is 5.28 Å². The lowest BCUT2D eigenvalue weighted by molar-refractivity contribution is 0.667. The monoisotopic (exact) mass is 280 g/mol. The number of hydrogen-bond donors (Lipinski definition) is 0. The summed E-state index contributed by atoms with van der Waals surface area (Å²) in [6.45, 7) is 0. The standard InChI is InChI=1S/C16H9ClN2O/c17-16-18-13(10-6-2-1-3-7-10)15-14(19-16)11-8-4-5-9-12(11)20-15/h1-9H. The van der Waals surface area contributed by atoms with Crippen LogP contribution in [-0.4, -0.2) is 9.97 Å². The molecule has 0 fully saturated rings. The molecule has 4 rings (SSSR count). The third kappa shape index (κ3) is 1.67. The number of para-hydroxylation sites is 1. The molecular weight excluding hydrogens is 272 g/mol. The lowest BCUT2D eigenvalue weighted by Crippen LogP contribution is -1.88. The first-order chi connectivity index (χ1) is 9.83. The van der Waals surface area contributed by atoms with E-state index in [1.54, 1.807) is 0 Å². The van der Waals surface area contributed by atoms with Gasteiger partial charge in [0.1, 0.15) is 16.8 Å². The van der Waals surface area contributed by atoms with Crippen LogP contribution in [0.3, 0.4) is 0 Å². The van der Waals surface area contributed by atoms with E-state index < -0.39 is 0 Å². The van der Waals surface area contributed by atoms with Gasteiger partial charge in [-0.3, -0.25) is 0 Å². The SMILES string of the molecule is Clc1nc(-c2ccccc2)c2oc3ccccc3c2n1. The van der Waals surface area contributed by atoms with E-state index in [0.717, 1.165) is 27.7 Å². The topological polar surface area (TPSA) is 38.9 Å². The Morgan fingerprint density at radius 3 is 2.45 bits per heavy atom. The maximum Gasteiger partial charge on any atom is 0.223 e. The van der Waals surface area contributed by atoms with E-state index in [9.17, 15) is 0 Å². The van der Waals surface area contributed by atoms with Crippen molar-refractivity contribution in [2.24, 2.45) is 0 Å². The molecule has 3 nitrogen and oxygen atoms in total. The van der Waals surface area contributed by atoms with Crippen LogP contribution in [0.15, 0.2) is 59.0 Å². The van der Waals surface area contributed by atoms with Gasteiger partial charge in [-0.2, -0.15) is 0 Å². The number of furan rings is 1. The molecule has 0 bridgehead atoms. The van der Waals surface area contributed by atoms with Crippen molar-refractivity contribution in [3.8, 4) is 11.3 Å². The number of fused-ring (bicyclic) bond motifs is 3. The summed E-state index contributed by atoms with van der Waals surface area (Å²) in [7, 11) is 0. The highest BCUT2D eigenvalue weighted by Gasteiger charge is 2.15.